The monoisotopic (exact) mass is 369 g/mol. The summed E-state index contributed by atoms with van der Waals surface area (Å²) in [5, 5.41) is 0. The van der Waals surface area contributed by atoms with Crippen LogP contribution in [0.3, 0.4) is 0 Å². The third-order valence-corrected chi connectivity index (χ3v) is 4.56. The normalized spacial score (nSPS) is 21.5. The summed E-state index contributed by atoms with van der Waals surface area (Å²) in [6.07, 6.45) is 1.75. The van der Waals surface area contributed by atoms with Crippen LogP contribution in [-0.2, 0) is 9.53 Å². The number of benzene rings is 2. The molecule has 1 heterocycles. The SMILES string of the molecule is C=C[C@H](c1ccc(Br)cc1)[C@]1(C)N=C(c2ccccc2)OC1=O. The fraction of sp³-hybridized carbons (Fsp3) is 0.158. The van der Waals surface area contributed by atoms with Crippen molar-refractivity contribution in [3.05, 3.63) is 82.9 Å². The summed E-state index contributed by atoms with van der Waals surface area (Å²) in [5.74, 6) is -0.254. The molecule has 2 aromatic rings. The fourth-order valence-electron chi connectivity index (χ4n) is 2.73. The lowest BCUT2D eigenvalue weighted by Crippen LogP contribution is -2.36. The van der Waals surface area contributed by atoms with Gasteiger partial charge >= 0.3 is 5.97 Å². The summed E-state index contributed by atoms with van der Waals surface area (Å²) in [6, 6.07) is 17.3. The smallest absolute Gasteiger partial charge is 0.341 e. The Kier molecular flexibility index (Phi) is 4.18. The highest BCUT2D eigenvalue weighted by Gasteiger charge is 2.47. The molecule has 0 fully saturated rings. The van der Waals surface area contributed by atoms with Gasteiger partial charge in [-0.05, 0) is 36.8 Å². The first kappa shape index (κ1) is 15.7. The largest absolute Gasteiger partial charge is 0.405 e. The average molecular weight is 370 g/mol. The molecule has 1 aliphatic rings. The Morgan fingerprint density at radius 1 is 1.17 bits per heavy atom. The van der Waals surface area contributed by atoms with E-state index in [0.29, 0.717) is 5.90 Å². The van der Waals surface area contributed by atoms with Crippen LogP contribution in [0.15, 0.2) is 76.7 Å². The van der Waals surface area contributed by atoms with Crippen molar-refractivity contribution >= 4 is 27.8 Å². The number of rotatable bonds is 4. The number of carbonyl (C=O) groups excluding carboxylic acids is 1. The van der Waals surface area contributed by atoms with Crippen LogP contribution in [0, 0.1) is 0 Å². The number of ether oxygens (including phenoxy) is 1. The summed E-state index contributed by atoms with van der Waals surface area (Å²) < 4.78 is 6.43. The quantitative estimate of drug-likeness (QED) is 0.588. The van der Waals surface area contributed by atoms with E-state index in [1.165, 1.54) is 0 Å². The fourth-order valence-corrected chi connectivity index (χ4v) is 3.00. The Bertz CT molecular complexity index is 768. The molecule has 1 aliphatic heterocycles. The van der Waals surface area contributed by atoms with E-state index in [0.717, 1.165) is 15.6 Å². The summed E-state index contributed by atoms with van der Waals surface area (Å²) in [7, 11) is 0. The molecule has 0 bridgehead atoms. The first-order valence-corrected chi connectivity index (χ1v) is 8.09. The molecule has 2 aromatic carbocycles. The third-order valence-electron chi connectivity index (χ3n) is 4.03. The van der Waals surface area contributed by atoms with Gasteiger partial charge in [0.1, 0.15) is 0 Å². The molecule has 23 heavy (non-hydrogen) atoms. The van der Waals surface area contributed by atoms with Crippen LogP contribution in [0.4, 0.5) is 0 Å². The Balaban J connectivity index is 2.01. The third kappa shape index (κ3) is 2.86. The molecule has 0 amide bonds. The topological polar surface area (TPSA) is 38.7 Å². The van der Waals surface area contributed by atoms with E-state index < -0.39 is 5.54 Å². The summed E-state index contributed by atoms with van der Waals surface area (Å²) in [4.78, 5) is 17.1. The number of esters is 1. The second-order valence-corrected chi connectivity index (χ2v) is 6.50. The first-order chi connectivity index (χ1) is 11.0. The zero-order valence-corrected chi connectivity index (χ0v) is 14.3. The lowest BCUT2D eigenvalue weighted by molar-refractivity contribution is -0.138. The maximum Gasteiger partial charge on any atom is 0.341 e. The predicted octanol–water partition coefficient (Wildman–Crippen LogP) is 4.48. The minimum Gasteiger partial charge on any atom is -0.405 e. The number of aliphatic imine (C=N–C) groups is 1. The summed E-state index contributed by atoms with van der Waals surface area (Å²) in [5.41, 5.74) is 0.754. The summed E-state index contributed by atoms with van der Waals surface area (Å²) in [6.45, 7) is 5.68. The molecule has 0 aromatic heterocycles. The predicted molar refractivity (Wildman–Crippen MR) is 94.6 cm³/mol. The number of hydrogen-bond acceptors (Lipinski definition) is 3. The van der Waals surface area contributed by atoms with Gasteiger partial charge in [0.15, 0.2) is 5.54 Å². The van der Waals surface area contributed by atoms with Gasteiger partial charge in [-0.1, -0.05) is 52.3 Å². The molecule has 3 nitrogen and oxygen atoms in total. The zero-order chi connectivity index (χ0) is 16.4. The Morgan fingerprint density at radius 2 is 1.83 bits per heavy atom. The van der Waals surface area contributed by atoms with E-state index in [2.05, 4.69) is 27.5 Å². The van der Waals surface area contributed by atoms with Gasteiger partial charge in [-0.15, -0.1) is 6.58 Å². The van der Waals surface area contributed by atoms with Gasteiger partial charge in [0, 0.05) is 16.0 Å². The van der Waals surface area contributed by atoms with Crippen LogP contribution in [0.2, 0.25) is 0 Å². The molecule has 0 spiro atoms. The second kappa shape index (κ2) is 6.13. The van der Waals surface area contributed by atoms with Crippen molar-refractivity contribution in [2.45, 2.75) is 18.4 Å². The molecule has 0 aliphatic carbocycles. The van der Waals surface area contributed by atoms with Crippen molar-refractivity contribution in [1.82, 2.24) is 0 Å². The van der Waals surface area contributed by atoms with Gasteiger partial charge in [0.05, 0.1) is 0 Å². The lowest BCUT2D eigenvalue weighted by atomic mass is 9.81. The van der Waals surface area contributed by atoms with Crippen molar-refractivity contribution < 1.29 is 9.53 Å². The maximum atomic E-state index is 12.5. The van der Waals surface area contributed by atoms with Gasteiger partial charge in [0.25, 0.3) is 0 Å². The van der Waals surface area contributed by atoms with Gasteiger partial charge in [-0.3, -0.25) is 0 Å². The van der Waals surface area contributed by atoms with E-state index >= 15 is 0 Å². The van der Waals surface area contributed by atoms with Crippen LogP contribution in [-0.4, -0.2) is 17.4 Å². The first-order valence-electron chi connectivity index (χ1n) is 7.30. The molecule has 0 radical (unpaired) electrons. The molecule has 3 rings (SSSR count). The van der Waals surface area contributed by atoms with Gasteiger partial charge < -0.3 is 4.74 Å². The minimum absolute atomic E-state index is 0.260. The number of nitrogens with zero attached hydrogens (tertiary/aromatic N) is 1. The highest BCUT2D eigenvalue weighted by Crippen LogP contribution is 2.38. The molecule has 0 saturated heterocycles. The van der Waals surface area contributed by atoms with Crippen LogP contribution < -0.4 is 0 Å². The van der Waals surface area contributed by atoms with E-state index in [-0.39, 0.29) is 11.9 Å². The number of cyclic esters (lactones) is 1. The lowest BCUT2D eigenvalue weighted by Gasteiger charge is -2.25. The van der Waals surface area contributed by atoms with Crippen LogP contribution in [0.5, 0.6) is 0 Å². The molecular weight excluding hydrogens is 354 g/mol. The molecular formula is C19H16BrNO2. The zero-order valence-electron chi connectivity index (χ0n) is 12.7. The minimum atomic E-state index is -1.01. The Morgan fingerprint density at radius 3 is 2.43 bits per heavy atom. The molecule has 116 valence electrons. The highest BCUT2D eigenvalue weighted by molar-refractivity contribution is 9.10. The molecule has 0 saturated carbocycles. The number of carbonyl (C=O) groups is 1. The van der Waals surface area contributed by atoms with E-state index in [1.807, 2.05) is 54.6 Å². The highest BCUT2D eigenvalue weighted by atomic mass is 79.9. The molecule has 0 unspecified atom stereocenters. The van der Waals surface area contributed by atoms with Crippen molar-refractivity contribution in [2.75, 3.05) is 0 Å². The van der Waals surface area contributed by atoms with Crippen LogP contribution in [0.25, 0.3) is 0 Å². The van der Waals surface area contributed by atoms with E-state index in [1.54, 1.807) is 13.0 Å². The second-order valence-electron chi connectivity index (χ2n) is 5.58. The molecule has 4 heteroatoms. The van der Waals surface area contributed by atoms with Crippen molar-refractivity contribution in [3.63, 3.8) is 0 Å². The van der Waals surface area contributed by atoms with Crippen molar-refractivity contribution in [1.29, 1.82) is 0 Å². The molecule has 2 atom stereocenters. The van der Waals surface area contributed by atoms with Crippen molar-refractivity contribution in [3.8, 4) is 0 Å². The Hall–Kier alpha value is -2.20. The summed E-state index contributed by atoms with van der Waals surface area (Å²) >= 11 is 3.42. The van der Waals surface area contributed by atoms with Gasteiger partial charge in [0.2, 0.25) is 5.90 Å². The van der Waals surface area contributed by atoms with E-state index in [4.69, 9.17) is 4.74 Å². The Labute approximate surface area is 143 Å². The van der Waals surface area contributed by atoms with Gasteiger partial charge in [-0.25, -0.2) is 9.79 Å². The van der Waals surface area contributed by atoms with Crippen LogP contribution in [0.1, 0.15) is 24.0 Å². The number of hydrogen-bond donors (Lipinski definition) is 0. The van der Waals surface area contributed by atoms with E-state index in [9.17, 15) is 4.79 Å². The standard InChI is InChI=1S/C19H16BrNO2/c1-3-16(13-9-11-15(20)12-10-13)19(2)18(22)23-17(21-19)14-7-5-4-6-8-14/h3-12,16H,1H2,2H3/t16-,19+/m1/s1. The van der Waals surface area contributed by atoms with Crippen molar-refractivity contribution in [2.24, 2.45) is 4.99 Å². The maximum absolute atomic E-state index is 12.5. The van der Waals surface area contributed by atoms with Gasteiger partial charge in [-0.2, -0.15) is 0 Å². The molecule has 0 N–H and O–H groups in total. The number of halogens is 1. The van der Waals surface area contributed by atoms with Crippen LogP contribution >= 0.6 is 15.9 Å². The average Bonchev–Trinajstić information content (AvgIpc) is 2.87.